The van der Waals surface area contributed by atoms with Gasteiger partial charge in [0, 0.05) is 13.1 Å². The van der Waals surface area contributed by atoms with Crippen LogP contribution in [-0.2, 0) is 11.3 Å². The molecule has 108 valence electrons. The van der Waals surface area contributed by atoms with Crippen molar-refractivity contribution >= 4 is 0 Å². The molecule has 0 unspecified atom stereocenters. The second kappa shape index (κ2) is 7.98. The first kappa shape index (κ1) is 15.7. The van der Waals surface area contributed by atoms with E-state index in [0.29, 0.717) is 26.3 Å². The van der Waals surface area contributed by atoms with Gasteiger partial charge in [-0.05, 0) is 17.7 Å². The molecule has 0 spiro atoms. The summed E-state index contributed by atoms with van der Waals surface area (Å²) < 4.78 is 44.6. The van der Waals surface area contributed by atoms with Crippen molar-refractivity contribution in [3.63, 3.8) is 0 Å². The summed E-state index contributed by atoms with van der Waals surface area (Å²) in [4.78, 5) is 0. The monoisotopic (exact) mass is 279 g/mol. The predicted molar refractivity (Wildman–Crippen MR) is 62.7 cm³/mol. The van der Waals surface area contributed by atoms with E-state index in [0.717, 1.165) is 5.56 Å². The van der Waals surface area contributed by atoms with E-state index >= 15 is 0 Å². The maximum absolute atomic E-state index is 11.9. The first-order chi connectivity index (χ1) is 9.01. The normalized spacial score (nSPS) is 11.6. The lowest BCUT2D eigenvalue weighted by atomic mass is 10.2. The van der Waals surface area contributed by atoms with Gasteiger partial charge in [-0.25, -0.2) is 0 Å². The number of hydrogen-bond donors (Lipinski definition) is 2. The summed E-state index contributed by atoms with van der Waals surface area (Å²) in [6.45, 7) is 1.87. The van der Waals surface area contributed by atoms with Crippen LogP contribution >= 0.6 is 0 Å². The number of hydrogen-bond acceptors (Lipinski definition) is 4. The highest BCUT2D eigenvalue weighted by Crippen LogP contribution is 2.22. The Morgan fingerprint density at radius 1 is 1.11 bits per heavy atom. The third kappa shape index (κ3) is 7.66. The average molecular weight is 279 g/mol. The van der Waals surface area contributed by atoms with Crippen LogP contribution in [0.1, 0.15) is 5.56 Å². The van der Waals surface area contributed by atoms with Gasteiger partial charge in [-0.2, -0.15) is 0 Å². The van der Waals surface area contributed by atoms with Crippen LogP contribution < -0.4 is 10.1 Å². The maximum Gasteiger partial charge on any atom is 0.573 e. The van der Waals surface area contributed by atoms with E-state index in [4.69, 9.17) is 9.84 Å². The number of alkyl halides is 3. The van der Waals surface area contributed by atoms with Gasteiger partial charge in [0.05, 0.1) is 19.8 Å². The minimum Gasteiger partial charge on any atom is -0.406 e. The Kier molecular flexibility index (Phi) is 6.61. The first-order valence-electron chi connectivity index (χ1n) is 5.75. The molecule has 1 aromatic rings. The van der Waals surface area contributed by atoms with Gasteiger partial charge in [0.25, 0.3) is 0 Å². The molecule has 0 atom stereocenters. The molecule has 0 saturated heterocycles. The van der Waals surface area contributed by atoms with Crippen molar-refractivity contribution < 1.29 is 27.8 Å². The summed E-state index contributed by atoms with van der Waals surface area (Å²) in [6, 6.07) is 5.66. The number of halogens is 3. The van der Waals surface area contributed by atoms with Crippen molar-refractivity contribution in [2.45, 2.75) is 12.9 Å². The van der Waals surface area contributed by atoms with Crippen LogP contribution in [0.25, 0.3) is 0 Å². The fourth-order valence-corrected chi connectivity index (χ4v) is 1.35. The molecule has 2 N–H and O–H groups in total. The lowest BCUT2D eigenvalue weighted by molar-refractivity contribution is -0.274. The molecule has 4 nitrogen and oxygen atoms in total. The smallest absolute Gasteiger partial charge is 0.406 e. The maximum atomic E-state index is 11.9. The Bertz CT molecular complexity index is 354. The summed E-state index contributed by atoms with van der Waals surface area (Å²) in [6.07, 6.45) is -4.66. The zero-order valence-corrected chi connectivity index (χ0v) is 10.2. The Labute approximate surface area is 109 Å². The van der Waals surface area contributed by atoms with Crippen molar-refractivity contribution in [1.29, 1.82) is 0 Å². The number of rotatable bonds is 8. The van der Waals surface area contributed by atoms with Gasteiger partial charge in [-0.15, -0.1) is 13.2 Å². The molecule has 0 saturated carbocycles. The van der Waals surface area contributed by atoms with Crippen LogP contribution in [0.2, 0.25) is 0 Å². The minimum atomic E-state index is -4.66. The molecule has 0 aliphatic rings. The summed E-state index contributed by atoms with van der Waals surface area (Å²) in [5.41, 5.74) is 0.844. The second-order valence-electron chi connectivity index (χ2n) is 3.70. The molecule has 0 radical (unpaired) electrons. The van der Waals surface area contributed by atoms with Crippen molar-refractivity contribution in [2.75, 3.05) is 26.4 Å². The number of ether oxygens (including phenoxy) is 2. The van der Waals surface area contributed by atoms with Crippen LogP contribution in [0.3, 0.4) is 0 Å². The predicted octanol–water partition coefficient (Wildman–Crippen LogP) is 1.68. The van der Waals surface area contributed by atoms with Crippen molar-refractivity contribution in [1.82, 2.24) is 5.32 Å². The molecule has 0 fully saturated rings. The van der Waals surface area contributed by atoms with Gasteiger partial charge in [0.2, 0.25) is 0 Å². The third-order valence-corrected chi connectivity index (χ3v) is 2.14. The number of benzene rings is 1. The Morgan fingerprint density at radius 3 is 2.37 bits per heavy atom. The molecule has 0 aliphatic carbocycles. The van der Waals surface area contributed by atoms with Gasteiger partial charge < -0.3 is 19.9 Å². The molecular formula is C12H16F3NO3. The number of nitrogens with one attached hydrogen (secondary N) is 1. The fourth-order valence-electron chi connectivity index (χ4n) is 1.35. The highest BCUT2D eigenvalue weighted by molar-refractivity contribution is 5.27. The van der Waals surface area contributed by atoms with E-state index in [-0.39, 0.29) is 12.4 Å². The molecule has 1 aromatic carbocycles. The van der Waals surface area contributed by atoms with Crippen molar-refractivity contribution in [3.05, 3.63) is 29.8 Å². The topological polar surface area (TPSA) is 50.7 Å². The molecule has 7 heteroatoms. The Morgan fingerprint density at radius 2 is 1.79 bits per heavy atom. The molecule has 0 aromatic heterocycles. The average Bonchev–Trinajstić information content (AvgIpc) is 2.34. The molecule has 19 heavy (non-hydrogen) atoms. The van der Waals surface area contributed by atoms with Gasteiger partial charge in [0.1, 0.15) is 5.75 Å². The standard InChI is InChI=1S/C12H16F3NO3/c13-12(14,15)19-11-3-1-10(2-4-11)9-16-5-7-18-8-6-17/h1-4,16-17H,5-9H2. The van der Waals surface area contributed by atoms with Crippen molar-refractivity contribution in [2.24, 2.45) is 0 Å². The van der Waals surface area contributed by atoms with E-state index in [1.165, 1.54) is 12.1 Å². The molecule has 1 rings (SSSR count). The molecular weight excluding hydrogens is 263 g/mol. The van der Waals surface area contributed by atoms with E-state index in [1.807, 2.05) is 0 Å². The second-order valence-corrected chi connectivity index (χ2v) is 3.70. The highest BCUT2D eigenvalue weighted by Gasteiger charge is 2.30. The zero-order valence-electron chi connectivity index (χ0n) is 10.2. The van der Waals surface area contributed by atoms with E-state index in [1.54, 1.807) is 12.1 Å². The largest absolute Gasteiger partial charge is 0.573 e. The highest BCUT2D eigenvalue weighted by atomic mass is 19.4. The van der Waals surface area contributed by atoms with Crippen LogP contribution in [0.15, 0.2) is 24.3 Å². The van der Waals surface area contributed by atoms with E-state index in [2.05, 4.69) is 10.1 Å². The SMILES string of the molecule is OCCOCCNCc1ccc(OC(F)(F)F)cc1. The van der Waals surface area contributed by atoms with Gasteiger partial charge in [0.15, 0.2) is 0 Å². The number of aliphatic hydroxyl groups is 1. The van der Waals surface area contributed by atoms with Gasteiger partial charge >= 0.3 is 6.36 Å². The van der Waals surface area contributed by atoms with Gasteiger partial charge in [-0.3, -0.25) is 0 Å². The minimum absolute atomic E-state index is 0.0132. The third-order valence-electron chi connectivity index (χ3n) is 2.14. The summed E-state index contributed by atoms with van der Waals surface area (Å²) in [5, 5.41) is 11.5. The summed E-state index contributed by atoms with van der Waals surface area (Å²) >= 11 is 0. The summed E-state index contributed by atoms with van der Waals surface area (Å²) in [5.74, 6) is -0.234. The van der Waals surface area contributed by atoms with E-state index < -0.39 is 6.36 Å². The van der Waals surface area contributed by atoms with Crippen LogP contribution in [0.4, 0.5) is 13.2 Å². The Hall–Kier alpha value is -1.31. The molecule has 0 aliphatic heterocycles. The van der Waals surface area contributed by atoms with Crippen molar-refractivity contribution in [3.8, 4) is 5.75 Å². The lowest BCUT2D eigenvalue weighted by Crippen LogP contribution is -2.20. The summed E-state index contributed by atoms with van der Waals surface area (Å²) in [7, 11) is 0. The quantitative estimate of drug-likeness (QED) is 0.711. The molecule has 0 bridgehead atoms. The van der Waals surface area contributed by atoms with Gasteiger partial charge in [-0.1, -0.05) is 12.1 Å². The number of aliphatic hydroxyl groups excluding tert-OH is 1. The lowest BCUT2D eigenvalue weighted by Gasteiger charge is -2.09. The van der Waals surface area contributed by atoms with E-state index in [9.17, 15) is 13.2 Å². The molecule has 0 heterocycles. The van der Waals surface area contributed by atoms with Crippen LogP contribution in [0, 0.1) is 0 Å². The first-order valence-corrected chi connectivity index (χ1v) is 5.75. The zero-order chi connectivity index (χ0) is 14.1. The van der Waals surface area contributed by atoms with Crippen LogP contribution in [0.5, 0.6) is 5.75 Å². The fraction of sp³-hybridized carbons (Fsp3) is 0.500. The van der Waals surface area contributed by atoms with Crippen LogP contribution in [-0.4, -0.2) is 37.8 Å². The molecule has 0 amide bonds. The Balaban J connectivity index is 2.25.